The van der Waals surface area contributed by atoms with E-state index in [1.54, 1.807) is 6.07 Å². The minimum Gasteiger partial charge on any atom is -0.507 e. The van der Waals surface area contributed by atoms with Gasteiger partial charge in [0.1, 0.15) is 5.75 Å². The Labute approximate surface area is 145 Å². The lowest BCUT2D eigenvalue weighted by molar-refractivity contribution is 0.471. The molecular formula is C13H9Br4NO. The molecule has 2 rings (SSSR count). The fourth-order valence-electron chi connectivity index (χ4n) is 1.56. The normalized spacial score (nSPS) is 10.5. The first-order chi connectivity index (χ1) is 8.97. The molecule has 0 unspecified atom stereocenters. The molecule has 0 spiro atoms. The molecule has 0 bridgehead atoms. The Morgan fingerprint density at radius 1 is 0.895 bits per heavy atom. The first-order valence-corrected chi connectivity index (χ1v) is 8.50. The molecule has 0 fully saturated rings. The van der Waals surface area contributed by atoms with Crippen molar-refractivity contribution >= 4 is 69.4 Å². The molecule has 0 heterocycles. The van der Waals surface area contributed by atoms with E-state index in [1.165, 1.54) is 0 Å². The van der Waals surface area contributed by atoms with E-state index in [2.05, 4.69) is 69.0 Å². The molecule has 0 amide bonds. The summed E-state index contributed by atoms with van der Waals surface area (Å²) in [6.07, 6.45) is 0. The maximum absolute atomic E-state index is 9.46. The van der Waals surface area contributed by atoms with E-state index >= 15 is 0 Å². The van der Waals surface area contributed by atoms with Gasteiger partial charge in [-0.1, -0.05) is 22.0 Å². The van der Waals surface area contributed by atoms with Gasteiger partial charge in [0.2, 0.25) is 0 Å². The number of phenolic OH excluding ortho intramolecular Hbond substituents is 1. The van der Waals surface area contributed by atoms with Crippen LogP contribution in [-0.4, -0.2) is 5.11 Å². The number of anilines is 1. The van der Waals surface area contributed by atoms with Crippen LogP contribution in [0.15, 0.2) is 48.2 Å². The zero-order valence-corrected chi connectivity index (χ0v) is 15.9. The van der Waals surface area contributed by atoms with Gasteiger partial charge in [0.05, 0.1) is 10.2 Å². The minimum atomic E-state index is 0.245. The molecule has 2 N–H and O–H groups in total. The molecule has 0 aliphatic rings. The number of rotatable bonds is 3. The van der Waals surface area contributed by atoms with Crippen LogP contribution in [0, 0.1) is 0 Å². The molecule has 0 saturated carbocycles. The van der Waals surface area contributed by atoms with E-state index in [0.29, 0.717) is 11.0 Å². The standard InChI is InChI=1S/C13H9Br4NO/c14-8-4-10(16)13(11(17)5-8)18-6-7-1-2-12(19)9(15)3-7/h1-5,18-19H,6H2. The maximum Gasteiger partial charge on any atom is 0.129 e. The summed E-state index contributed by atoms with van der Waals surface area (Å²) < 4.78 is 3.66. The van der Waals surface area contributed by atoms with Gasteiger partial charge in [-0.05, 0) is 77.6 Å². The van der Waals surface area contributed by atoms with Gasteiger partial charge in [0, 0.05) is 20.0 Å². The van der Waals surface area contributed by atoms with Crippen LogP contribution in [0.1, 0.15) is 5.56 Å². The van der Waals surface area contributed by atoms with Crippen molar-refractivity contribution < 1.29 is 5.11 Å². The molecule has 2 nitrogen and oxygen atoms in total. The molecule has 6 heteroatoms. The highest BCUT2D eigenvalue weighted by Gasteiger charge is 2.07. The van der Waals surface area contributed by atoms with Crippen molar-refractivity contribution in [2.45, 2.75) is 6.54 Å². The lowest BCUT2D eigenvalue weighted by Gasteiger charge is -2.12. The molecule has 0 aliphatic carbocycles. The van der Waals surface area contributed by atoms with Crippen molar-refractivity contribution in [3.63, 3.8) is 0 Å². The van der Waals surface area contributed by atoms with Crippen molar-refractivity contribution in [1.29, 1.82) is 0 Å². The summed E-state index contributed by atoms with van der Waals surface area (Å²) >= 11 is 13.8. The Morgan fingerprint density at radius 2 is 1.53 bits per heavy atom. The van der Waals surface area contributed by atoms with Crippen molar-refractivity contribution in [3.05, 3.63) is 53.8 Å². The van der Waals surface area contributed by atoms with E-state index in [1.807, 2.05) is 24.3 Å². The van der Waals surface area contributed by atoms with Crippen LogP contribution in [0.5, 0.6) is 5.75 Å². The summed E-state index contributed by atoms with van der Waals surface area (Å²) in [5.41, 5.74) is 2.07. The predicted octanol–water partition coefficient (Wildman–Crippen LogP) is 6.05. The highest BCUT2D eigenvalue weighted by Crippen LogP contribution is 2.35. The van der Waals surface area contributed by atoms with Gasteiger partial charge in [0.15, 0.2) is 0 Å². The van der Waals surface area contributed by atoms with Gasteiger partial charge >= 0.3 is 0 Å². The number of halogens is 4. The summed E-state index contributed by atoms with van der Waals surface area (Å²) in [7, 11) is 0. The monoisotopic (exact) mass is 511 g/mol. The van der Waals surface area contributed by atoms with Crippen molar-refractivity contribution in [2.75, 3.05) is 5.32 Å². The largest absolute Gasteiger partial charge is 0.507 e. The second-order valence-corrected chi connectivity index (χ2v) is 7.36. The quantitative estimate of drug-likeness (QED) is 0.522. The van der Waals surface area contributed by atoms with Crippen molar-refractivity contribution in [1.82, 2.24) is 0 Å². The molecule has 0 aliphatic heterocycles. The van der Waals surface area contributed by atoms with Crippen LogP contribution in [0.3, 0.4) is 0 Å². The fourth-order valence-corrected chi connectivity index (χ4v) is 4.53. The van der Waals surface area contributed by atoms with E-state index in [4.69, 9.17) is 0 Å². The fraction of sp³-hybridized carbons (Fsp3) is 0.0769. The van der Waals surface area contributed by atoms with Gasteiger partial charge in [-0.25, -0.2) is 0 Å². The lowest BCUT2D eigenvalue weighted by atomic mass is 10.2. The van der Waals surface area contributed by atoms with Crippen LogP contribution in [0.4, 0.5) is 5.69 Å². The van der Waals surface area contributed by atoms with E-state index < -0.39 is 0 Å². The first kappa shape index (κ1) is 15.4. The van der Waals surface area contributed by atoms with Crippen LogP contribution >= 0.6 is 63.7 Å². The van der Waals surface area contributed by atoms with Gasteiger partial charge in [0.25, 0.3) is 0 Å². The molecule has 2 aromatic rings. The second-order valence-electron chi connectivity index (χ2n) is 3.88. The summed E-state index contributed by atoms with van der Waals surface area (Å²) in [5, 5.41) is 12.8. The third kappa shape index (κ3) is 3.97. The van der Waals surface area contributed by atoms with Crippen LogP contribution in [0.2, 0.25) is 0 Å². The Kier molecular flexibility index (Phi) is 5.34. The SMILES string of the molecule is Oc1ccc(CNc2c(Br)cc(Br)cc2Br)cc1Br. The van der Waals surface area contributed by atoms with Gasteiger partial charge < -0.3 is 10.4 Å². The average molecular weight is 515 g/mol. The van der Waals surface area contributed by atoms with Gasteiger partial charge in [-0.15, -0.1) is 0 Å². The molecule has 0 aromatic heterocycles. The Balaban J connectivity index is 2.16. The topological polar surface area (TPSA) is 32.3 Å². The summed E-state index contributed by atoms with van der Waals surface area (Å²) in [6, 6.07) is 9.42. The van der Waals surface area contributed by atoms with Gasteiger partial charge in [-0.3, -0.25) is 0 Å². The number of hydrogen-bond donors (Lipinski definition) is 2. The van der Waals surface area contributed by atoms with Crippen LogP contribution < -0.4 is 5.32 Å². The van der Waals surface area contributed by atoms with E-state index in [9.17, 15) is 5.11 Å². The molecule has 0 radical (unpaired) electrons. The summed E-state index contributed by atoms with van der Waals surface area (Å²) in [6.45, 7) is 0.664. The number of aromatic hydroxyl groups is 1. The number of hydrogen-bond acceptors (Lipinski definition) is 2. The van der Waals surface area contributed by atoms with Crippen LogP contribution in [0.25, 0.3) is 0 Å². The van der Waals surface area contributed by atoms with Crippen molar-refractivity contribution in [2.24, 2.45) is 0 Å². The van der Waals surface area contributed by atoms with Gasteiger partial charge in [-0.2, -0.15) is 0 Å². The number of nitrogens with one attached hydrogen (secondary N) is 1. The Hall–Kier alpha value is -0.0400. The molecule has 0 saturated heterocycles. The van der Waals surface area contributed by atoms with E-state index in [0.717, 1.165) is 24.7 Å². The minimum absolute atomic E-state index is 0.245. The second kappa shape index (κ2) is 6.61. The summed E-state index contributed by atoms with van der Waals surface area (Å²) in [5.74, 6) is 0.245. The molecule has 0 atom stereocenters. The maximum atomic E-state index is 9.46. The number of phenols is 1. The highest BCUT2D eigenvalue weighted by atomic mass is 79.9. The predicted molar refractivity (Wildman–Crippen MR) is 92.7 cm³/mol. The van der Waals surface area contributed by atoms with Crippen LogP contribution in [-0.2, 0) is 6.54 Å². The molecule has 19 heavy (non-hydrogen) atoms. The Bertz CT molecular complexity index is 593. The molecule has 100 valence electrons. The average Bonchev–Trinajstić information content (AvgIpc) is 2.32. The lowest BCUT2D eigenvalue weighted by Crippen LogP contribution is -2.01. The zero-order chi connectivity index (χ0) is 14.0. The third-order valence-corrected chi connectivity index (χ3v) is 4.83. The first-order valence-electron chi connectivity index (χ1n) is 5.33. The van der Waals surface area contributed by atoms with Crippen molar-refractivity contribution in [3.8, 4) is 5.75 Å². The number of benzene rings is 2. The van der Waals surface area contributed by atoms with E-state index in [-0.39, 0.29) is 5.75 Å². The molecule has 2 aromatic carbocycles. The highest BCUT2D eigenvalue weighted by molar-refractivity contribution is 9.11. The Morgan fingerprint density at radius 3 is 2.11 bits per heavy atom. The third-order valence-electron chi connectivity index (χ3n) is 2.49. The summed E-state index contributed by atoms with van der Waals surface area (Å²) in [4.78, 5) is 0. The smallest absolute Gasteiger partial charge is 0.129 e. The zero-order valence-electron chi connectivity index (χ0n) is 9.55. The molecular weight excluding hydrogens is 506 g/mol.